The van der Waals surface area contributed by atoms with Crippen molar-refractivity contribution in [2.75, 3.05) is 11.9 Å². The third kappa shape index (κ3) is 2.76. The Morgan fingerprint density at radius 3 is 3.00 bits per heavy atom. The van der Waals surface area contributed by atoms with Gasteiger partial charge >= 0.3 is 6.01 Å². The molecule has 1 aliphatic carbocycles. The van der Waals surface area contributed by atoms with Crippen molar-refractivity contribution in [3.05, 3.63) is 35.2 Å². The first kappa shape index (κ1) is 12.2. The van der Waals surface area contributed by atoms with Gasteiger partial charge in [-0.25, -0.2) is 0 Å². The molecule has 0 spiro atoms. The highest BCUT2D eigenvalue weighted by molar-refractivity contribution is 5.55. The number of nitrogens with one attached hydrogen (secondary N) is 2. The monoisotopic (exact) mass is 258 g/mol. The van der Waals surface area contributed by atoms with E-state index in [0.29, 0.717) is 18.5 Å². The number of anilines is 2. The van der Waals surface area contributed by atoms with E-state index < -0.39 is 0 Å². The highest BCUT2D eigenvalue weighted by atomic mass is 16.4. The molecule has 0 radical (unpaired) electrons. The average Bonchev–Trinajstić information content (AvgIpc) is 3.05. The third-order valence-electron chi connectivity index (χ3n) is 3.34. The van der Waals surface area contributed by atoms with Crippen molar-refractivity contribution in [1.29, 1.82) is 0 Å². The molecule has 0 saturated heterocycles. The van der Waals surface area contributed by atoms with Crippen LogP contribution in [0.15, 0.2) is 22.6 Å². The van der Waals surface area contributed by atoms with Gasteiger partial charge in [0, 0.05) is 5.69 Å². The largest absolute Gasteiger partial charge is 0.406 e. The third-order valence-corrected chi connectivity index (χ3v) is 3.34. The lowest BCUT2D eigenvalue weighted by molar-refractivity contribution is 0.484. The molecule has 0 atom stereocenters. The van der Waals surface area contributed by atoms with Crippen LogP contribution in [0.1, 0.15) is 30.4 Å². The Morgan fingerprint density at radius 1 is 1.21 bits per heavy atom. The molecule has 1 aromatic carbocycles. The van der Waals surface area contributed by atoms with Gasteiger partial charge in [0.15, 0.2) is 0 Å². The molecule has 2 N–H and O–H groups in total. The fourth-order valence-corrected chi connectivity index (χ4v) is 2.38. The molecule has 0 saturated carbocycles. The second-order valence-electron chi connectivity index (χ2n) is 4.74. The first-order valence-corrected chi connectivity index (χ1v) is 6.77. The number of nitrogens with zero attached hydrogens (tertiary/aromatic N) is 2. The summed E-state index contributed by atoms with van der Waals surface area (Å²) in [6, 6.07) is 6.88. The van der Waals surface area contributed by atoms with Crippen LogP contribution in [-0.4, -0.2) is 16.7 Å². The molecule has 19 heavy (non-hydrogen) atoms. The zero-order chi connectivity index (χ0) is 13.1. The second-order valence-corrected chi connectivity index (χ2v) is 4.74. The van der Waals surface area contributed by atoms with E-state index in [9.17, 15) is 0 Å². The molecule has 5 heteroatoms. The van der Waals surface area contributed by atoms with Crippen LogP contribution in [0.4, 0.5) is 11.7 Å². The van der Waals surface area contributed by atoms with Gasteiger partial charge in [-0.1, -0.05) is 18.1 Å². The van der Waals surface area contributed by atoms with Crippen LogP contribution in [0.2, 0.25) is 0 Å². The van der Waals surface area contributed by atoms with Crippen LogP contribution in [0.3, 0.4) is 0 Å². The summed E-state index contributed by atoms with van der Waals surface area (Å²) in [6.45, 7) is 3.53. The molecule has 0 unspecified atom stereocenters. The SMILES string of the molecule is CCNCc1nnc(Nc2ccc3c(c2)CCC3)o1. The average molecular weight is 258 g/mol. The molecule has 1 aliphatic rings. The first-order valence-electron chi connectivity index (χ1n) is 6.77. The number of aromatic nitrogens is 2. The molecule has 3 rings (SSSR count). The fourth-order valence-electron chi connectivity index (χ4n) is 2.38. The number of benzene rings is 1. The molecular weight excluding hydrogens is 240 g/mol. The van der Waals surface area contributed by atoms with Crippen LogP contribution >= 0.6 is 0 Å². The fraction of sp³-hybridized carbons (Fsp3) is 0.429. The summed E-state index contributed by atoms with van der Waals surface area (Å²) in [5.74, 6) is 0.602. The Labute approximate surface area is 112 Å². The molecular formula is C14H18N4O. The molecule has 5 nitrogen and oxygen atoms in total. The highest BCUT2D eigenvalue weighted by Gasteiger charge is 2.12. The van der Waals surface area contributed by atoms with E-state index in [1.807, 2.05) is 6.92 Å². The minimum absolute atomic E-state index is 0.450. The van der Waals surface area contributed by atoms with E-state index in [1.54, 1.807) is 0 Å². The van der Waals surface area contributed by atoms with Crippen molar-refractivity contribution < 1.29 is 4.42 Å². The molecule has 0 amide bonds. The Balaban J connectivity index is 1.69. The van der Waals surface area contributed by atoms with Crippen molar-refractivity contribution >= 4 is 11.7 Å². The maximum absolute atomic E-state index is 5.51. The Kier molecular flexibility index (Phi) is 3.46. The van der Waals surface area contributed by atoms with E-state index >= 15 is 0 Å². The lowest BCUT2D eigenvalue weighted by Gasteiger charge is -2.04. The van der Waals surface area contributed by atoms with Gasteiger partial charge in [-0.3, -0.25) is 0 Å². The maximum Gasteiger partial charge on any atom is 0.320 e. The zero-order valence-corrected chi connectivity index (χ0v) is 11.1. The number of hydrogen-bond acceptors (Lipinski definition) is 5. The smallest absolute Gasteiger partial charge is 0.320 e. The van der Waals surface area contributed by atoms with Crippen molar-refractivity contribution in [2.45, 2.75) is 32.7 Å². The standard InChI is InChI=1S/C14H18N4O/c1-2-15-9-13-17-18-14(19-13)16-12-7-6-10-4-3-5-11(10)8-12/h6-8,15H,2-5,9H2,1H3,(H,16,18). The van der Waals surface area contributed by atoms with E-state index in [-0.39, 0.29) is 0 Å². The minimum Gasteiger partial charge on any atom is -0.406 e. The molecule has 0 fully saturated rings. The number of rotatable bonds is 5. The highest BCUT2D eigenvalue weighted by Crippen LogP contribution is 2.26. The quantitative estimate of drug-likeness (QED) is 0.862. The normalized spacial score (nSPS) is 13.5. The Bertz CT molecular complexity index is 564. The van der Waals surface area contributed by atoms with Crippen molar-refractivity contribution in [2.24, 2.45) is 0 Å². The number of aryl methyl sites for hydroxylation is 2. The molecule has 0 bridgehead atoms. The first-order chi connectivity index (χ1) is 9.35. The van der Waals surface area contributed by atoms with Crippen molar-refractivity contribution in [1.82, 2.24) is 15.5 Å². The van der Waals surface area contributed by atoms with Crippen molar-refractivity contribution in [3.8, 4) is 0 Å². The summed E-state index contributed by atoms with van der Waals surface area (Å²) in [4.78, 5) is 0. The number of fused-ring (bicyclic) bond motifs is 1. The minimum atomic E-state index is 0.450. The second kappa shape index (κ2) is 5.40. The predicted octanol–water partition coefficient (Wildman–Crippen LogP) is 2.41. The Morgan fingerprint density at radius 2 is 2.11 bits per heavy atom. The van der Waals surface area contributed by atoms with Crippen LogP contribution in [0.25, 0.3) is 0 Å². The summed E-state index contributed by atoms with van der Waals surface area (Å²) < 4.78 is 5.51. The molecule has 0 aliphatic heterocycles. The van der Waals surface area contributed by atoms with Gasteiger partial charge in [-0.05, 0) is 49.1 Å². The predicted molar refractivity (Wildman–Crippen MR) is 73.4 cm³/mol. The maximum atomic E-state index is 5.51. The van der Waals surface area contributed by atoms with Gasteiger partial charge in [-0.2, -0.15) is 0 Å². The van der Waals surface area contributed by atoms with Gasteiger partial charge in [0.1, 0.15) is 0 Å². The molecule has 100 valence electrons. The van der Waals surface area contributed by atoms with Gasteiger partial charge in [0.25, 0.3) is 0 Å². The van der Waals surface area contributed by atoms with E-state index in [1.165, 1.54) is 30.4 Å². The van der Waals surface area contributed by atoms with Crippen LogP contribution in [-0.2, 0) is 19.4 Å². The molecule has 2 aromatic rings. The van der Waals surface area contributed by atoms with E-state index in [2.05, 4.69) is 39.0 Å². The summed E-state index contributed by atoms with van der Waals surface area (Å²) in [5, 5.41) is 14.3. The summed E-state index contributed by atoms with van der Waals surface area (Å²) in [7, 11) is 0. The van der Waals surface area contributed by atoms with E-state index in [0.717, 1.165) is 12.2 Å². The summed E-state index contributed by atoms with van der Waals surface area (Å²) in [5.41, 5.74) is 3.90. The van der Waals surface area contributed by atoms with Gasteiger partial charge in [0.05, 0.1) is 6.54 Å². The van der Waals surface area contributed by atoms with Crippen LogP contribution in [0, 0.1) is 0 Å². The van der Waals surface area contributed by atoms with Crippen LogP contribution < -0.4 is 10.6 Å². The van der Waals surface area contributed by atoms with Gasteiger partial charge in [-0.15, -0.1) is 5.10 Å². The van der Waals surface area contributed by atoms with Gasteiger partial charge in [0.2, 0.25) is 5.89 Å². The summed E-state index contributed by atoms with van der Waals surface area (Å²) in [6.07, 6.45) is 3.62. The van der Waals surface area contributed by atoms with Crippen molar-refractivity contribution in [3.63, 3.8) is 0 Å². The lowest BCUT2D eigenvalue weighted by Crippen LogP contribution is -2.11. The molecule has 1 heterocycles. The van der Waals surface area contributed by atoms with Crippen LogP contribution in [0.5, 0.6) is 0 Å². The molecule has 1 aromatic heterocycles. The van der Waals surface area contributed by atoms with E-state index in [4.69, 9.17) is 4.42 Å². The lowest BCUT2D eigenvalue weighted by atomic mass is 10.1. The number of hydrogen-bond donors (Lipinski definition) is 2. The zero-order valence-electron chi connectivity index (χ0n) is 11.1. The van der Waals surface area contributed by atoms with Gasteiger partial charge < -0.3 is 15.1 Å². The topological polar surface area (TPSA) is 63.0 Å². The summed E-state index contributed by atoms with van der Waals surface area (Å²) >= 11 is 0. The Hall–Kier alpha value is -1.88.